The van der Waals surface area contributed by atoms with Gasteiger partial charge >= 0.3 is 0 Å². The first-order valence-electron chi connectivity index (χ1n) is 11.1. The third-order valence-corrected chi connectivity index (χ3v) is 5.03. The fourth-order valence-corrected chi connectivity index (χ4v) is 3.44. The van der Waals surface area contributed by atoms with Crippen LogP contribution in [0.4, 0.5) is 0 Å². The SMILES string of the molecule is CCCC(O)(CCC)CNC(=NCc1ccc(C(=O)N(CC)CC)cc1)NCC.I. The lowest BCUT2D eigenvalue weighted by molar-refractivity contribution is 0.0257. The summed E-state index contributed by atoms with van der Waals surface area (Å²) in [7, 11) is 0. The lowest BCUT2D eigenvalue weighted by Crippen LogP contribution is -2.47. The van der Waals surface area contributed by atoms with Gasteiger partial charge in [0.05, 0.1) is 12.1 Å². The minimum atomic E-state index is -0.702. The molecule has 0 bridgehead atoms. The van der Waals surface area contributed by atoms with Crippen LogP contribution in [0.25, 0.3) is 0 Å². The van der Waals surface area contributed by atoms with E-state index in [-0.39, 0.29) is 29.9 Å². The van der Waals surface area contributed by atoms with Gasteiger partial charge in [0, 0.05) is 31.7 Å². The van der Waals surface area contributed by atoms with E-state index >= 15 is 0 Å². The zero-order chi connectivity index (χ0) is 21.7. The van der Waals surface area contributed by atoms with Gasteiger partial charge in [-0.3, -0.25) is 4.79 Å². The number of nitrogens with zero attached hydrogens (tertiary/aromatic N) is 2. The van der Waals surface area contributed by atoms with Crippen molar-refractivity contribution in [1.29, 1.82) is 0 Å². The second-order valence-corrected chi connectivity index (χ2v) is 7.45. The molecule has 0 radical (unpaired) electrons. The molecule has 3 N–H and O–H groups in total. The number of halogens is 1. The standard InChI is InChI=1S/C23H40N4O2.HI/c1-6-15-23(29,16-7-2)18-26-22(24-8-3)25-17-19-11-13-20(14-12-19)21(28)27(9-4)10-5;/h11-14,29H,6-10,15-18H2,1-5H3,(H2,24,25,26);1H. The number of nitrogens with one attached hydrogen (secondary N) is 2. The van der Waals surface area contributed by atoms with Crippen molar-refractivity contribution < 1.29 is 9.90 Å². The Balaban J connectivity index is 0.00000841. The van der Waals surface area contributed by atoms with Gasteiger partial charge in [-0.2, -0.15) is 0 Å². The number of carbonyl (C=O) groups excluding carboxylic acids is 1. The summed E-state index contributed by atoms with van der Waals surface area (Å²) in [6.07, 6.45) is 3.44. The maximum atomic E-state index is 12.4. The van der Waals surface area contributed by atoms with Crippen LogP contribution < -0.4 is 10.6 Å². The van der Waals surface area contributed by atoms with E-state index < -0.39 is 5.60 Å². The van der Waals surface area contributed by atoms with Gasteiger partial charge < -0.3 is 20.6 Å². The Morgan fingerprint density at radius 2 is 1.57 bits per heavy atom. The largest absolute Gasteiger partial charge is 0.388 e. The molecule has 7 heteroatoms. The highest BCUT2D eigenvalue weighted by molar-refractivity contribution is 14.0. The number of carbonyl (C=O) groups is 1. The molecule has 1 aromatic carbocycles. The van der Waals surface area contributed by atoms with E-state index in [0.717, 1.165) is 37.8 Å². The molecule has 0 heterocycles. The number of amides is 1. The fraction of sp³-hybridized carbons (Fsp3) is 0.652. The van der Waals surface area contributed by atoms with Crippen LogP contribution in [0, 0.1) is 0 Å². The van der Waals surface area contributed by atoms with Crippen molar-refractivity contribution in [3.63, 3.8) is 0 Å². The van der Waals surface area contributed by atoms with Crippen LogP contribution in [0.15, 0.2) is 29.3 Å². The van der Waals surface area contributed by atoms with Gasteiger partial charge in [-0.15, -0.1) is 24.0 Å². The molecule has 1 aromatic rings. The minimum absolute atomic E-state index is 0. The first-order valence-corrected chi connectivity index (χ1v) is 11.1. The van der Waals surface area contributed by atoms with Crippen molar-refractivity contribution in [2.75, 3.05) is 26.2 Å². The molecule has 0 unspecified atom stereocenters. The first kappa shape index (κ1) is 28.6. The fourth-order valence-electron chi connectivity index (χ4n) is 3.44. The Bertz CT molecular complexity index is 625. The van der Waals surface area contributed by atoms with E-state index in [1.165, 1.54) is 0 Å². The summed E-state index contributed by atoms with van der Waals surface area (Å²) in [5.41, 5.74) is 1.04. The topological polar surface area (TPSA) is 77.0 Å². The third-order valence-electron chi connectivity index (χ3n) is 5.03. The lowest BCUT2D eigenvalue weighted by atomic mass is 9.93. The maximum Gasteiger partial charge on any atom is 0.253 e. The summed E-state index contributed by atoms with van der Waals surface area (Å²) in [5, 5.41) is 17.3. The quantitative estimate of drug-likeness (QED) is 0.215. The van der Waals surface area contributed by atoms with Gasteiger partial charge in [0.1, 0.15) is 0 Å². The Labute approximate surface area is 199 Å². The van der Waals surface area contributed by atoms with Gasteiger partial charge in [-0.25, -0.2) is 4.99 Å². The van der Waals surface area contributed by atoms with Crippen LogP contribution >= 0.6 is 24.0 Å². The van der Waals surface area contributed by atoms with Gasteiger partial charge in [0.25, 0.3) is 5.91 Å². The Morgan fingerprint density at radius 1 is 1.00 bits per heavy atom. The predicted octanol–water partition coefficient (Wildman–Crippen LogP) is 4.17. The van der Waals surface area contributed by atoms with Crippen molar-refractivity contribution in [1.82, 2.24) is 15.5 Å². The normalized spacial score (nSPS) is 11.6. The van der Waals surface area contributed by atoms with E-state index in [2.05, 4.69) is 29.5 Å². The van der Waals surface area contributed by atoms with Crippen LogP contribution in [0.5, 0.6) is 0 Å². The highest BCUT2D eigenvalue weighted by Crippen LogP contribution is 2.18. The highest BCUT2D eigenvalue weighted by atomic mass is 127. The Morgan fingerprint density at radius 3 is 2.03 bits per heavy atom. The summed E-state index contributed by atoms with van der Waals surface area (Å²) in [4.78, 5) is 18.9. The average molecular weight is 533 g/mol. The summed E-state index contributed by atoms with van der Waals surface area (Å²) >= 11 is 0. The molecule has 0 spiro atoms. The van der Waals surface area contributed by atoms with Gasteiger partial charge in [-0.05, 0) is 51.3 Å². The smallest absolute Gasteiger partial charge is 0.253 e. The van der Waals surface area contributed by atoms with Crippen LogP contribution in [0.2, 0.25) is 0 Å². The van der Waals surface area contributed by atoms with E-state index in [4.69, 9.17) is 0 Å². The van der Waals surface area contributed by atoms with Gasteiger partial charge in [0.15, 0.2) is 5.96 Å². The molecule has 1 amide bonds. The maximum absolute atomic E-state index is 12.4. The first-order chi connectivity index (χ1) is 13.9. The van der Waals surface area contributed by atoms with E-state index in [1.807, 2.05) is 49.9 Å². The molecule has 0 saturated carbocycles. The monoisotopic (exact) mass is 532 g/mol. The summed E-state index contributed by atoms with van der Waals surface area (Å²) in [6.45, 7) is 13.3. The summed E-state index contributed by atoms with van der Waals surface area (Å²) < 4.78 is 0. The predicted molar refractivity (Wildman–Crippen MR) is 137 cm³/mol. The van der Waals surface area contributed by atoms with E-state index in [0.29, 0.717) is 37.7 Å². The molecule has 0 saturated heterocycles. The molecule has 0 atom stereocenters. The van der Waals surface area contributed by atoms with Crippen molar-refractivity contribution >= 4 is 35.8 Å². The highest BCUT2D eigenvalue weighted by Gasteiger charge is 2.24. The lowest BCUT2D eigenvalue weighted by Gasteiger charge is -2.28. The molecule has 0 aromatic heterocycles. The van der Waals surface area contributed by atoms with Crippen molar-refractivity contribution in [3.05, 3.63) is 35.4 Å². The molecule has 172 valence electrons. The third kappa shape index (κ3) is 9.64. The zero-order valence-corrected chi connectivity index (χ0v) is 21.7. The molecule has 0 fully saturated rings. The number of hydrogen-bond donors (Lipinski definition) is 3. The van der Waals surface area contributed by atoms with Crippen molar-refractivity contribution in [2.45, 2.75) is 72.4 Å². The molecule has 30 heavy (non-hydrogen) atoms. The number of hydrogen-bond acceptors (Lipinski definition) is 3. The minimum Gasteiger partial charge on any atom is -0.388 e. The number of rotatable bonds is 12. The van der Waals surface area contributed by atoms with E-state index in [1.54, 1.807) is 0 Å². The number of benzene rings is 1. The molecular formula is C23H41IN4O2. The number of aliphatic hydroxyl groups is 1. The van der Waals surface area contributed by atoms with Crippen molar-refractivity contribution in [3.8, 4) is 0 Å². The van der Waals surface area contributed by atoms with E-state index in [9.17, 15) is 9.90 Å². The average Bonchev–Trinajstić information content (AvgIpc) is 2.71. The molecular weight excluding hydrogens is 491 g/mol. The molecule has 0 aliphatic carbocycles. The second kappa shape index (κ2) is 15.5. The van der Waals surface area contributed by atoms with Gasteiger partial charge in [0.2, 0.25) is 0 Å². The zero-order valence-electron chi connectivity index (χ0n) is 19.3. The van der Waals surface area contributed by atoms with Crippen LogP contribution in [-0.2, 0) is 6.54 Å². The van der Waals surface area contributed by atoms with Gasteiger partial charge in [-0.1, -0.05) is 38.8 Å². The number of guanidine groups is 1. The second-order valence-electron chi connectivity index (χ2n) is 7.45. The molecule has 1 rings (SSSR count). The van der Waals surface area contributed by atoms with Crippen LogP contribution in [0.3, 0.4) is 0 Å². The summed E-state index contributed by atoms with van der Waals surface area (Å²) in [6, 6.07) is 7.64. The molecule has 6 nitrogen and oxygen atoms in total. The van der Waals surface area contributed by atoms with Crippen LogP contribution in [-0.4, -0.2) is 53.7 Å². The molecule has 0 aliphatic rings. The Hall–Kier alpha value is -1.35. The van der Waals surface area contributed by atoms with Crippen molar-refractivity contribution in [2.24, 2.45) is 4.99 Å². The van der Waals surface area contributed by atoms with Crippen LogP contribution in [0.1, 0.15) is 76.2 Å². The summed E-state index contributed by atoms with van der Waals surface area (Å²) in [5.74, 6) is 0.757. The molecule has 0 aliphatic heterocycles. The number of aliphatic imine (C=N–C) groups is 1. The Kier molecular flexibility index (Phi) is 14.8.